The Kier molecular flexibility index (Phi) is 7.85. The summed E-state index contributed by atoms with van der Waals surface area (Å²) in [5, 5.41) is 17.2. The predicted molar refractivity (Wildman–Crippen MR) is 135 cm³/mol. The lowest BCUT2D eigenvalue weighted by atomic mass is 9.90. The summed E-state index contributed by atoms with van der Waals surface area (Å²) in [5.41, 5.74) is 4.84. The third-order valence-corrected chi connectivity index (χ3v) is 6.74. The van der Waals surface area contributed by atoms with Crippen LogP contribution in [0.1, 0.15) is 57.6 Å². The van der Waals surface area contributed by atoms with Crippen LogP contribution in [0.3, 0.4) is 0 Å². The van der Waals surface area contributed by atoms with Crippen LogP contribution >= 0.6 is 0 Å². The van der Waals surface area contributed by atoms with Gasteiger partial charge in [-0.15, -0.1) is 0 Å². The van der Waals surface area contributed by atoms with Crippen molar-refractivity contribution in [2.75, 3.05) is 5.32 Å². The number of hydrogen-bond donors (Lipinski definition) is 2. The molecule has 0 aromatic heterocycles. The summed E-state index contributed by atoms with van der Waals surface area (Å²) in [6.07, 6.45) is 1.32. The number of benzene rings is 3. The highest BCUT2D eigenvalue weighted by Gasteiger charge is 2.18. The van der Waals surface area contributed by atoms with Crippen LogP contribution in [0.5, 0.6) is 0 Å². The van der Waals surface area contributed by atoms with E-state index in [9.17, 15) is 23.3 Å². The lowest BCUT2D eigenvalue weighted by molar-refractivity contribution is -0.115. The number of sulfonamides is 1. The lowest BCUT2D eigenvalue weighted by Crippen LogP contribution is -2.17. The molecule has 180 valence electrons. The van der Waals surface area contributed by atoms with Gasteiger partial charge in [0, 0.05) is 16.8 Å². The van der Waals surface area contributed by atoms with E-state index >= 15 is 0 Å². The number of nitrogens with two attached hydrogens (primary N) is 1. The number of nitrogens with zero attached hydrogens (tertiary/aromatic N) is 1. The van der Waals surface area contributed by atoms with Crippen molar-refractivity contribution in [1.82, 2.24) is 0 Å². The summed E-state index contributed by atoms with van der Waals surface area (Å²) >= 11 is 0. The summed E-state index contributed by atoms with van der Waals surface area (Å²) in [6, 6.07) is 16.8. The molecule has 1 amide bonds. The van der Waals surface area contributed by atoms with Gasteiger partial charge < -0.3 is 5.32 Å². The van der Waals surface area contributed by atoms with Gasteiger partial charge in [-0.1, -0.05) is 32.0 Å². The highest BCUT2D eigenvalue weighted by atomic mass is 32.2. The Bertz CT molecular complexity index is 1450. The van der Waals surface area contributed by atoms with Gasteiger partial charge >= 0.3 is 0 Å². The van der Waals surface area contributed by atoms with Gasteiger partial charge in [-0.25, -0.2) is 13.6 Å². The number of carbonyl (C=O) groups excluding carboxylic acids is 2. The largest absolute Gasteiger partial charge is 0.326 e. The van der Waals surface area contributed by atoms with E-state index < -0.39 is 10.0 Å². The van der Waals surface area contributed by atoms with Gasteiger partial charge in [-0.3, -0.25) is 9.59 Å². The van der Waals surface area contributed by atoms with Crippen molar-refractivity contribution >= 4 is 27.4 Å². The third kappa shape index (κ3) is 6.01. The molecule has 0 unspecified atom stereocenters. The quantitative estimate of drug-likeness (QED) is 0.461. The standard InChI is InChI=1S/C27H27N3O4S/c1-4-20-8-6-18(13-23(20)27(32)24-14-19(16-28)7-9-21(24)5-2)15-26(31)30-25-11-10-22(12-17(25)3)35(29,33)34/h6-14H,4-5,15H2,1-3H3,(H,30,31)(H2,29,33,34). The maximum absolute atomic E-state index is 13.5. The van der Waals surface area contributed by atoms with E-state index in [4.69, 9.17) is 5.14 Å². The molecule has 0 saturated heterocycles. The molecule has 0 spiro atoms. The average Bonchev–Trinajstić information content (AvgIpc) is 2.83. The molecule has 0 heterocycles. The number of amides is 1. The van der Waals surface area contributed by atoms with E-state index in [2.05, 4.69) is 11.4 Å². The molecule has 3 aromatic rings. The molecule has 3 aromatic carbocycles. The van der Waals surface area contributed by atoms with Crippen LogP contribution < -0.4 is 10.5 Å². The second-order valence-corrected chi connectivity index (χ2v) is 9.82. The number of rotatable bonds is 8. The van der Waals surface area contributed by atoms with Crippen LogP contribution in [0.15, 0.2) is 59.5 Å². The van der Waals surface area contributed by atoms with Crippen molar-refractivity contribution < 1.29 is 18.0 Å². The van der Waals surface area contributed by atoms with Crippen molar-refractivity contribution in [3.63, 3.8) is 0 Å². The average molecular weight is 490 g/mol. The van der Waals surface area contributed by atoms with Gasteiger partial charge in [-0.2, -0.15) is 5.26 Å². The number of aryl methyl sites for hydroxylation is 3. The van der Waals surface area contributed by atoms with Crippen molar-refractivity contribution in [3.05, 3.63) is 93.5 Å². The molecular formula is C27H27N3O4S. The molecule has 0 bridgehead atoms. The summed E-state index contributed by atoms with van der Waals surface area (Å²) in [6.45, 7) is 5.59. The maximum atomic E-state index is 13.5. The topological polar surface area (TPSA) is 130 Å². The Labute approximate surface area is 205 Å². The van der Waals surface area contributed by atoms with Crippen LogP contribution in [0.2, 0.25) is 0 Å². The fourth-order valence-corrected chi connectivity index (χ4v) is 4.50. The zero-order valence-electron chi connectivity index (χ0n) is 19.9. The fraction of sp³-hybridized carbons (Fsp3) is 0.222. The van der Waals surface area contributed by atoms with Gasteiger partial charge in [0.2, 0.25) is 15.9 Å². The molecule has 3 N–H and O–H groups in total. The second kappa shape index (κ2) is 10.6. The Morgan fingerprint density at radius 2 is 1.57 bits per heavy atom. The highest BCUT2D eigenvalue weighted by Crippen LogP contribution is 2.23. The predicted octanol–water partition coefficient (Wildman–Crippen LogP) is 4.05. The molecule has 0 aliphatic heterocycles. The molecule has 0 fully saturated rings. The van der Waals surface area contributed by atoms with Gasteiger partial charge in [0.25, 0.3) is 0 Å². The van der Waals surface area contributed by atoms with Gasteiger partial charge in [0.1, 0.15) is 0 Å². The summed E-state index contributed by atoms with van der Waals surface area (Å²) in [7, 11) is -3.83. The molecule has 8 heteroatoms. The number of carbonyl (C=O) groups is 2. The van der Waals surface area contributed by atoms with E-state index in [1.54, 1.807) is 31.2 Å². The molecule has 0 aliphatic rings. The van der Waals surface area contributed by atoms with Crippen LogP contribution in [0.25, 0.3) is 0 Å². The van der Waals surface area contributed by atoms with E-state index in [1.165, 1.54) is 18.2 Å². The molecule has 0 saturated carbocycles. The smallest absolute Gasteiger partial charge is 0.238 e. The minimum atomic E-state index is -3.83. The lowest BCUT2D eigenvalue weighted by Gasteiger charge is -2.13. The summed E-state index contributed by atoms with van der Waals surface area (Å²) in [5.74, 6) is -0.479. The number of nitrogens with one attached hydrogen (secondary N) is 1. The van der Waals surface area contributed by atoms with Crippen LogP contribution in [-0.2, 0) is 34.1 Å². The molecule has 35 heavy (non-hydrogen) atoms. The first-order valence-electron chi connectivity index (χ1n) is 11.2. The molecule has 0 radical (unpaired) electrons. The van der Waals surface area contributed by atoms with Gasteiger partial charge in [0.15, 0.2) is 5.78 Å². The summed E-state index contributed by atoms with van der Waals surface area (Å²) < 4.78 is 23.0. The van der Waals surface area contributed by atoms with E-state index in [0.717, 1.165) is 11.1 Å². The first-order valence-corrected chi connectivity index (χ1v) is 12.7. The van der Waals surface area contributed by atoms with Gasteiger partial charge in [-0.05, 0) is 78.4 Å². The van der Waals surface area contributed by atoms with E-state index in [0.29, 0.717) is 46.3 Å². The zero-order chi connectivity index (χ0) is 25.8. The van der Waals surface area contributed by atoms with Crippen LogP contribution in [0.4, 0.5) is 5.69 Å². The minimum Gasteiger partial charge on any atom is -0.326 e. The maximum Gasteiger partial charge on any atom is 0.238 e. The molecular weight excluding hydrogens is 462 g/mol. The van der Waals surface area contributed by atoms with Crippen molar-refractivity contribution in [1.29, 1.82) is 5.26 Å². The monoisotopic (exact) mass is 489 g/mol. The number of hydrogen-bond acceptors (Lipinski definition) is 5. The number of anilines is 1. The Balaban J connectivity index is 1.88. The molecule has 0 aliphatic carbocycles. The number of primary sulfonamides is 1. The molecule has 7 nitrogen and oxygen atoms in total. The van der Waals surface area contributed by atoms with E-state index in [1.807, 2.05) is 26.0 Å². The first kappa shape index (κ1) is 25.8. The minimum absolute atomic E-state index is 0.0273. The number of nitriles is 1. The molecule has 3 rings (SSSR count). The Morgan fingerprint density at radius 1 is 0.943 bits per heavy atom. The van der Waals surface area contributed by atoms with Crippen molar-refractivity contribution in [3.8, 4) is 6.07 Å². The first-order chi connectivity index (χ1) is 16.6. The Morgan fingerprint density at radius 3 is 2.14 bits per heavy atom. The molecule has 0 atom stereocenters. The van der Waals surface area contributed by atoms with Crippen molar-refractivity contribution in [2.45, 2.75) is 44.9 Å². The van der Waals surface area contributed by atoms with E-state index in [-0.39, 0.29) is 23.0 Å². The summed E-state index contributed by atoms with van der Waals surface area (Å²) in [4.78, 5) is 26.2. The fourth-order valence-electron chi connectivity index (χ4n) is 3.90. The second-order valence-electron chi connectivity index (χ2n) is 8.26. The Hall–Kier alpha value is -3.80. The van der Waals surface area contributed by atoms with Crippen LogP contribution in [0, 0.1) is 18.3 Å². The van der Waals surface area contributed by atoms with Crippen LogP contribution in [-0.4, -0.2) is 20.1 Å². The number of ketones is 1. The van der Waals surface area contributed by atoms with Gasteiger partial charge in [0.05, 0.1) is 22.9 Å². The SMILES string of the molecule is CCc1ccc(C#N)cc1C(=O)c1cc(CC(=O)Nc2ccc(S(N)(=O)=O)cc2C)ccc1CC. The van der Waals surface area contributed by atoms with Crippen molar-refractivity contribution in [2.24, 2.45) is 5.14 Å². The third-order valence-electron chi connectivity index (χ3n) is 5.83. The highest BCUT2D eigenvalue weighted by molar-refractivity contribution is 7.89. The normalized spacial score (nSPS) is 11.1. The zero-order valence-corrected chi connectivity index (χ0v) is 20.7.